The molecule has 1 aromatic rings. The van der Waals surface area contributed by atoms with Crippen LogP contribution in [0.4, 0.5) is 0 Å². The van der Waals surface area contributed by atoms with E-state index in [0.717, 1.165) is 53.5 Å². The summed E-state index contributed by atoms with van der Waals surface area (Å²) in [5.41, 5.74) is 1.92. The first-order valence-electron chi connectivity index (χ1n) is 7.16. The van der Waals surface area contributed by atoms with Crippen LogP contribution in [0.5, 0.6) is 5.75 Å². The van der Waals surface area contributed by atoms with Gasteiger partial charge in [0.15, 0.2) is 5.78 Å². The number of halogens is 1. The number of Topliss-reactive ketones (excluding diaryl/α,β-unsaturated/α-hetero) is 1. The van der Waals surface area contributed by atoms with Crippen LogP contribution in [-0.2, 0) is 6.42 Å². The SMILES string of the molecule is CCCCC(CC)C(=O)c1cc(Br)cc2c1OCC2. The monoisotopic (exact) mass is 324 g/mol. The second kappa shape index (κ2) is 6.56. The van der Waals surface area contributed by atoms with Crippen molar-refractivity contribution >= 4 is 21.7 Å². The van der Waals surface area contributed by atoms with Crippen LogP contribution in [0.2, 0.25) is 0 Å². The van der Waals surface area contributed by atoms with Crippen LogP contribution in [0.25, 0.3) is 0 Å². The molecule has 0 fully saturated rings. The molecule has 19 heavy (non-hydrogen) atoms. The molecule has 0 amide bonds. The van der Waals surface area contributed by atoms with Gasteiger partial charge in [0.2, 0.25) is 0 Å². The molecular formula is C16H21BrO2. The Bertz CT molecular complexity index is 468. The Morgan fingerprint density at radius 2 is 2.21 bits per heavy atom. The minimum atomic E-state index is 0.127. The molecule has 1 atom stereocenters. The first kappa shape index (κ1) is 14.6. The fraction of sp³-hybridized carbons (Fsp3) is 0.562. The van der Waals surface area contributed by atoms with Crippen LogP contribution in [0, 0.1) is 5.92 Å². The Labute approximate surface area is 123 Å². The molecule has 0 aromatic heterocycles. The lowest BCUT2D eigenvalue weighted by molar-refractivity contribution is 0.0905. The van der Waals surface area contributed by atoms with E-state index in [9.17, 15) is 4.79 Å². The van der Waals surface area contributed by atoms with Crippen LogP contribution in [0.1, 0.15) is 55.5 Å². The summed E-state index contributed by atoms with van der Waals surface area (Å²) in [5.74, 6) is 1.20. The number of ether oxygens (including phenoxy) is 1. The minimum Gasteiger partial charge on any atom is -0.492 e. The number of hydrogen-bond donors (Lipinski definition) is 0. The zero-order valence-electron chi connectivity index (χ0n) is 11.7. The Balaban J connectivity index is 2.27. The topological polar surface area (TPSA) is 26.3 Å². The fourth-order valence-electron chi connectivity index (χ4n) is 2.64. The molecule has 0 aliphatic carbocycles. The van der Waals surface area contributed by atoms with Crippen molar-refractivity contribution in [1.29, 1.82) is 0 Å². The summed E-state index contributed by atoms with van der Waals surface area (Å²) >= 11 is 3.50. The summed E-state index contributed by atoms with van der Waals surface area (Å²) in [7, 11) is 0. The molecule has 3 heteroatoms. The van der Waals surface area contributed by atoms with Crippen LogP contribution < -0.4 is 4.74 Å². The van der Waals surface area contributed by atoms with Crippen molar-refractivity contribution in [3.63, 3.8) is 0 Å². The number of carbonyl (C=O) groups excluding carboxylic acids is 1. The van der Waals surface area contributed by atoms with E-state index in [1.807, 2.05) is 6.07 Å². The van der Waals surface area contributed by atoms with Crippen molar-refractivity contribution in [1.82, 2.24) is 0 Å². The predicted molar refractivity (Wildman–Crippen MR) is 81.0 cm³/mol. The van der Waals surface area contributed by atoms with Gasteiger partial charge in [0, 0.05) is 16.8 Å². The first-order valence-corrected chi connectivity index (χ1v) is 7.96. The molecular weight excluding hydrogens is 304 g/mol. The molecule has 1 aliphatic rings. The standard InChI is InChI=1S/C16H21BrO2/c1-3-5-6-11(4-2)15(18)14-10-13(17)9-12-7-8-19-16(12)14/h9-11H,3-8H2,1-2H3. The van der Waals surface area contributed by atoms with E-state index >= 15 is 0 Å². The van der Waals surface area contributed by atoms with Crippen molar-refractivity contribution in [3.8, 4) is 5.75 Å². The summed E-state index contributed by atoms with van der Waals surface area (Å²) in [5, 5.41) is 0. The highest BCUT2D eigenvalue weighted by Crippen LogP contribution is 2.35. The van der Waals surface area contributed by atoms with E-state index in [-0.39, 0.29) is 11.7 Å². The summed E-state index contributed by atoms with van der Waals surface area (Å²) in [4.78, 5) is 12.7. The largest absolute Gasteiger partial charge is 0.492 e. The maximum atomic E-state index is 12.7. The van der Waals surface area contributed by atoms with Crippen molar-refractivity contribution in [2.45, 2.75) is 46.0 Å². The Hall–Kier alpha value is -0.830. The van der Waals surface area contributed by atoms with Gasteiger partial charge in [-0.2, -0.15) is 0 Å². The molecule has 0 saturated heterocycles. The Morgan fingerprint density at radius 1 is 1.42 bits per heavy atom. The lowest BCUT2D eigenvalue weighted by Gasteiger charge is -2.15. The predicted octanol–water partition coefficient (Wildman–Crippen LogP) is 4.78. The highest BCUT2D eigenvalue weighted by molar-refractivity contribution is 9.10. The molecule has 2 nitrogen and oxygen atoms in total. The summed E-state index contributed by atoms with van der Waals surface area (Å²) in [6.07, 6.45) is 5.03. The van der Waals surface area contributed by atoms with E-state index in [1.165, 1.54) is 0 Å². The first-order chi connectivity index (χ1) is 9.17. The molecule has 1 aliphatic heterocycles. The third kappa shape index (κ3) is 3.19. The molecule has 0 spiro atoms. The van der Waals surface area contributed by atoms with Crippen molar-refractivity contribution in [2.24, 2.45) is 5.92 Å². The second-order valence-electron chi connectivity index (χ2n) is 5.15. The third-order valence-electron chi connectivity index (χ3n) is 3.78. The van der Waals surface area contributed by atoms with Gasteiger partial charge in [0.05, 0.1) is 12.2 Å². The van der Waals surface area contributed by atoms with Gasteiger partial charge in [0.25, 0.3) is 0 Å². The van der Waals surface area contributed by atoms with Gasteiger partial charge in [-0.1, -0.05) is 42.6 Å². The summed E-state index contributed by atoms with van der Waals surface area (Å²) in [6.45, 7) is 4.95. The van der Waals surface area contributed by atoms with E-state index in [1.54, 1.807) is 0 Å². The molecule has 0 bridgehead atoms. The van der Waals surface area contributed by atoms with E-state index in [2.05, 4.69) is 35.8 Å². The average molecular weight is 325 g/mol. The van der Waals surface area contributed by atoms with E-state index in [4.69, 9.17) is 4.74 Å². The maximum absolute atomic E-state index is 12.7. The van der Waals surface area contributed by atoms with Crippen LogP contribution in [0.15, 0.2) is 16.6 Å². The van der Waals surface area contributed by atoms with Gasteiger partial charge in [-0.25, -0.2) is 0 Å². The number of hydrogen-bond acceptors (Lipinski definition) is 2. The number of fused-ring (bicyclic) bond motifs is 1. The third-order valence-corrected chi connectivity index (χ3v) is 4.24. The highest BCUT2D eigenvalue weighted by atomic mass is 79.9. The molecule has 2 rings (SSSR count). The molecule has 0 saturated carbocycles. The van der Waals surface area contributed by atoms with Gasteiger partial charge in [0.1, 0.15) is 5.75 Å². The second-order valence-corrected chi connectivity index (χ2v) is 6.07. The number of benzene rings is 1. The minimum absolute atomic E-state index is 0.127. The van der Waals surface area contributed by atoms with E-state index in [0.29, 0.717) is 6.61 Å². The van der Waals surface area contributed by atoms with Crippen LogP contribution in [-0.4, -0.2) is 12.4 Å². The lowest BCUT2D eigenvalue weighted by Crippen LogP contribution is -2.15. The number of unbranched alkanes of at least 4 members (excludes halogenated alkanes) is 1. The maximum Gasteiger partial charge on any atom is 0.169 e. The number of rotatable bonds is 6. The van der Waals surface area contributed by atoms with Crippen molar-refractivity contribution in [3.05, 3.63) is 27.7 Å². The molecule has 1 unspecified atom stereocenters. The van der Waals surface area contributed by atoms with E-state index < -0.39 is 0 Å². The van der Waals surface area contributed by atoms with Gasteiger partial charge < -0.3 is 4.74 Å². The summed E-state index contributed by atoms with van der Waals surface area (Å²) < 4.78 is 6.64. The van der Waals surface area contributed by atoms with Gasteiger partial charge in [-0.05, 0) is 30.5 Å². The Morgan fingerprint density at radius 3 is 2.89 bits per heavy atom. The van der Waals surface area contributed by atoms with Crippen molar-refractivity contribution < 1.29 is 9.53 Å². The van der Waals surface area contributed by atoms with Gasteiger partial charge in [-0.3, -0.25) is 4.79 Å². The molecule has 0 radical (unpaired) electrons. The van der Waals surface area contributed by atoms with Crippen molar-refractivity contribution in [2.75, 3.05) is 6.61 Å². The van der Waals surface area contributed by atoms with Crippen LogP contribution >= 0.6 is 15.9 Å². The number of ketones is 1. The summed E-state index contributed by atoms with van der Waals surface area (Å²) in [6, 6.07) is 3.98. The quantitative estimate of drug-likeness (QED) is 0.703. The van der Waals surface area contributed by atoms with Crippen LogP contribution in [0.3, 0.4) is 0 Å². The fourth-order valence-corrected chi connectivity index (χ4v) is 3.15. The number of carbonyl (C=O) groups is 1. The molecule has 104 valence electrons. The Kier molecular flexibility index (Phi) is 5.03. The zero-order valence-corrected chi connectivity index (χ0v) is 13.3. The smallest absolute Gasteiger partial charge is 0.169 e. The zero-order chi connectivity index (χ0) is 13.8. The molecule has 1 aromatic carbocycles. The lowest BCUT2D eigenvalue weighted by atomic mass is 9.89. The van der Waals surface area contributed by atoms with Gasteiger partial charge >= 0.3 is 0 Å². The average Bonchev–Trinajstić information content (AvgIpc) is 2.86. The molecule has 1 heterocycles. The highest BCUT2D eigenvalue weighted by Gasteiger charge is 2.26. The normalized spacial score (nSPS) is 14.9. The molecule has 0 N–H and O–H groups in total. The van der Waals surface area contributed by atoms with Gasteiger partial charge in [-0.15, -0.1) is 0 Å².